The van der Waals surface area contributed by atoms with Crippen LogP contribution in [0.25, 0.3) is 0 Å². The summed E-state index contributed by atoms with van der Waals surface area (Å²) in [6.07, 6.45) is 1.12. The van der Waals surface area contributed by atoms with Crippen LogP contribution < -0.4 is 5.32 Å². The van der Waals surface area contributed by atoms with E-state index in [2.05, 4.69) is 33.2 Å². The normalized spacial score (nSPS) is 19.7. The second-order valence-corrected chi connectivity index (χ2v) is 5.69. The zero-order valence-corrected chi connectivity index (χ0v) is 11.2. The molecule has 0 amide bonds. The molecule has 0 aromatic heterocycles. The minimum Gasteiger partial charge on any atom is -0.335 e. The van der Waals surface area contributed by atoms with E-state index < -0.39 is 0 Å². The molecule has 0 saturated carbocycles. The van der Waals surface area contributed by atoms with Crippen LogP contribution in [0.3, 0.4) is 0 Å². The Morgan fingerprint density at radius 2 is 2.44 bits per heavy atom. The highest BCUT2D eigenvalue weighted by atomic mass is 79.9. The number of halogens is 2. The summed E-state index contributed by atoms with van der Waals surface area (Å²) in [6.45, 7) is 3.02. The lowest BCUT2D eigenvalue weighted by Gasteiger charge is -2.07. The highest BCUT2D eigenvalue weighted by Gasteiger charge is 2.17. The molecule has 2 rings (SSSR count). The third-order valence-electron chi connectivity index (χ3n) is 2.34. The van der Waals surface area contributed by atoms with Crippen LogP contribution >= 0.6 is 27.7 Å². The first-order valence-corrected chi connectivity index (χ1v) is 6.79. The summed E-state index contributed by atoms with van der Waals surface area (Å²) in [7, 11) is 0. The molecule has 0 saturated heterocycles. The van der Waals surface area contributed by atoms with E-state index in [0.717, 1.165) is 23.8 Å². The van der Waals surface area contributed by atoms with Gasteiger partial charge in [0.1, 0.15) is 5.82 Å². The van der Waals surface area contributed by atoms with E-state index in [-0.39, 0.29) is 5.82 Å². The van der Waals surface area contributed by atoms with Gasteiger partial charge >= 0.3 is 0 Å². The van der Waals surface area contributed by atoms with Crippen LogP contribution in [0.2, 0.25) is 0 Å². The number of anilines is 1. The lowest BCUT2D eigenvalue weighted by molar-refractivity contribution is 0.621. The fourth-order valence-corrected chi connectivity index (χ4v) is 2.73. The van der Waals surface area contributed by atoms with Crippen molar-refractivity contribution < 1.29 is 4.39 Å². The van der Waals surface area contributed by atoms with Gasteiger partial charge in [-0.2, -0.15) is 0 Å². The van der Waals surface area contributed by atoms with Gasteiger partial charge in [0.05, 0.1) is 11.0 Å². The van der Waals surface area contributed by atoms with Crippen molar-refractivity contribution >= 4 is 38.5 Å². The smallest absolute Gasteiger partial charge is 0.161 e. The lowest BCUT2D eigenvalue weighted by Crippen LogP contribution is -2.06. The van der Waals surface area contributed by atoms with Gasteiger partial charge in [-0.15, -0.1) is 0 Å². The van der Waals surface area contributed by atoms with E-state index in [1.165, 1.54) is 6.07 Å². The Labute approximate surface area is 107 Å². The van der Waals surface area contributed by atoms with E-state index in [1.807, 2.05) is 0 Å². The lowest BCUT2D eigenvalue weighted by atomic mass is 10.3. The third kappa shape index (κ3) is 2.77. The maximum atomic E-state index is 13.0. The number of nitrogens with zero attached hydrogens (tertiary/aromatic N) is 1. The van der Waals surface area contributed by atoms with Crippen LogP contribution in [-0.2, 0) is 0 Å². The molecule has 0 aliphatic carbocycles. The van der Waals surface area contributed by atoms with Gasteiger partial charge in [-0.25, -0.2) is 4.39 Å². The molecule has 1 aromatic rings. The number of rotatable bonds is 2. The highest BCUT2D eigenvalue weighted by Crippen LogP contribution is 2.26. The molecule has 16 heavy (non-hydrogen) atoms. The zero-order chi connectivity index (χ0) is 11.5. The Hall–Kier alpha value is -0.550. The zero-order valence-electron chi connectivity index (χ0n) is 8.84. The topological polar surface area (TPSA) is 24.4 Å². The Morgan fingerprint density at radius 1 is 1.62 bits per heavy atom. The number of nitrogens with one attached hydrogen (secondary N) is 1. The standard InChI is InChI=1S/C11H12BrFN2S/c1-2-8-6-14-11(16-8)15-7-3-4-10(13)9(12)5-7/h3-5,8H,2,6H2,1H3,(H,14,15). The summed E-state index contributed by atoms with van der Waals surface area (Å²) in [4.78, 5) is 4.39. The van der Waals surface area contributed by atoms with Gasteiger partial charge in [0.15, 0.2) is 5.17 Å². The van der Waals surface area contributed by atoms with Crippen molar-refractivity contribution in [3.8, 4) is 0 Å². The molecule has 86 valence electrons. The fraction of sp³-hybridized carbons (Fsp3) is 0.364. The molecule has 1 aliphatic heterocycles. The number of hydrogen-bond donors (Lipinski definition) is 1. The van der Waals surface area contributed by atoms with Gasteiger partial charge in [0.25, 0.3) is 0 Å². The van der Waals surface area contributed by atoms with Crippen molar-refractivity contribution in [2.24, 2.45) is 4.99 Å². The Kier molecular flexibility index (Phi) is 3.86. The average molecular weight is 303 g/mol. The van der Waals surface area contributed by atoms with E-state index >= 15 is 0 Å². The summed E-state index contributed by atoms with van der Waals surface area (Å²) in [5.74, 6) is -0.252. The first-order chi connectivity index (χ1) is 7.69. The average Bonchev–Trinajstić information content (AvgIpc) is 2.71. The van der Waals surface area contributed by atoms with Crippen molar-refractivity contribution in [2.45, 2.75) is 18.6 Å². The number of hydrogen-bond acceptors (Lipinski definition) is 3. The van der Waals surface area contributed by atoms with Gasteiger partial charge in [0, 0.05) is 10.9 Å². The Morgan fingerprint density at radius 3 is 3.06 bits per heavy atom. The van der Waals surface area contributed by atoms with E-state index in [9.17, 15) is 4.39 Å². The van der Waals surface area contributed by atoms with Crippen molar-refractivity contribution in [1.82, 2.24) is 0 Å². The molecule has 0 fully saturated rings. The predicted molar refractivity (Wildman–Crippen MR) is 71.7 cm³/mol. The minimum absolute atomic E-state index is 0.252. The van der Waals surface area contributed by atoms with Gasteiger partial charge in [0.2, 0.25) is 0 Å². The summed E-state index contributed by atoms with van der Waals surface area (Å²) >= 11 is 4.90. The SMILES string of the molecule is CCC1CN=C(Nc2ccc(F)c(Br)c2)S1. The molecule has 0 radical (unpaired) electrons. The van der Waals surface area contributed by atoms with E-state index in [1.54, 1.807) is 23.9 Å². The van der Waals surface area contributed by atoms with E-state index in [0.29, 0.717) is 9.72 Å². The molecule has 2 nitrogen and oxygen atoms in total. The molecular weight excluding hydrogens is 291 g/mol. The van der Waals surface area contributed by atoms with Crippen molar-refractivity contribution in [1.29, 1.82) is 0 Å². The van der Waals surface area contributed by atoms with Crippen LogP contribution in [0.15, 0.2) is 27.7 Å². The summed E-state index contributed by atoms with van der Waals surface area (Å²) in [5.41, 5.74) is 0.858. The second kappa shape index (κ2) is 5.19. The van der Waals surface area contributed by atoms with E-state index in [4.69, 9.17) is 0 Å². The van der Waals surface area contributed by atoms with Gasteiger partial charge < -0.3 is 5.32 Å². The predicted octanol–water partition coefficient (Wildman–Crippen LogP) is 3.88. The summed E-state index contributed by atoms with van der Waals surface area (Å²) in [6, 6.07) is 4.87. The molecule has 0 bridgehead atoms. The number of aliphatic imine (C=N–C) groups is 1. The van der Waals surface area contributed by atoms with Crippen LogP contribution in [0.4, 0.5) is 10.1 Å². The minimum atomic E-state index is -0.252. The van der Waals surface area contributed by atoms with Gasteiger partial charge in [-0.1, -0.05) is 18.7 Å². The molecule has 1 atom stereocenters. The van der Waals surface area contributed by atoms with Crippen LogP contribution in [0.5, 0.6) is 0 Å². The Bertz CT molecular complexity index is 422. The Balaban J connectivity index is 2.02. The quantitative estimate of drug-likeness (QED) is 0.896. The van der Waals surface area contributed by atoms with Gasteiger partial charge in [-0.3, -0.25) is 4.99 Å². The van der Waals surface area contributed by atoms with Crippen molar-refractivity contribution in [3.05, 3.63) is 28.5 Å². The summed E-state index contributed by atoms with van der Waals surface area (Å²) in [5, 5.41) is 4.69. The van der Waals surface area contributed by atoms with Gasteiger partial charge in [-0.05, 0) is 40.5 Å². The highest BCUT2D eigenvalue weighted by molar-refractivity contribution is 9.10. The van der Waals surface area contributed by atoms with Crippen LogP contribution in [-0.4, -0.2) is 17.0 Å². The maximum absolute atomic E-state index is 13.0. The third-order valence-corrected chi connectivity index (χ3v) is 4.22. The first kappa shape index (κ1) is 11.9. The number of benzene rings is 1. The molecular formula is C11H12BrFN2S. The molecule has 1 aromatic carbocycles. The molecule has 5 heteroatoms. The first-order valence-electron chi connectivity index (χ1n) is 5.12. The fourth-order valence-electron chi connectivity index (χ4n) is 1.40. The number of thioether (sulfide) groups is 1. The maximum Gasteiger partial charge on any atom is 0.161 e. The largest absolute Gasteiger partial charge is 0.335 e. The molecule has 1 aliphatic rings. The molecule has 1 unspecified atom stereocenters. The van der Waals surface area contributed by atoms with Crippen molar-refractivity contribution in [3.63, 3.8) is 0 Å². The molecule has 1 N–H and O–H groups in total. The molecule has 0 spiro atoms. The molecule has 1 heterocycles. The van der Waals surface area contributed by atoms with Crippen LogP contribution in [0.1, 0.15) is 13.3 Å². The second-order valence-electron chi connectivity index (χ2n) is 3.55. The summed E-state index contributed by atoms with van der Waals surface area (Å²) < 4.78 is 13.5. The van der Waals surface area contributed by atoms with Crippen LogP contribution in [0, 0.1) is 5.82 Å². The number of amidine groups is 1. The monoisotopic (exact) mass is 302 g/mol. The van der Waals surface area contributed by atoms with Crippen molar-refractivity contribution in [2.75, 3.05) is 11.9 Å².